The zero-order chi connectivity index (χ0) is 12.1. The molecule has 1 N–H and O–H groups in total. The molecule has 7 heteroatoms. The fourth-order valence-electron chi connectivity index (χ4n) is 0.884. The van der Waals surface area contributed by atoms with E-state index < -0.39 is 0 Å². The van der Waals surface area contributed by atoms with Gasteiger partial charge in [-0.05, 0) is 34.3 Å². The number of halogens is 3. The average Bonchev–Trinajstić information content (AvgIpc) is 2.29. The van der Waals surface area contributed by atoms with E-state index in [0.29, 0.717) is 25.4 Å². The molecule has 0 aliphatic carbocycles. The van der Waals surface area contributed by atoms with E-state index in [9.17, 15) is 0 Å². The Kier molecular flexibility index (Phi) is 5.42. The van der Waals surface area contributed by atoms with Gasteiger partial charge in [0.15, 0.2) is 11.4 Å². The SMILES string of the molecule is CSC(=Nc1ccc(Br)c(Cl)c1Cl)NC#N. The van der Waals surface area contributed by atoms with E-state index >= 15 is 0 Å². The Morgan fingerprint density at radius 1 is 1.50 bits per heavy atom. The summed E-state index contributed by atoms with van der Waals surface area (Å²) in [6, 6.07) is 3.46. The number of benzene rings is 1. The first-order valence-corrected chi connectivity index (χ1v) is 6.78. The number of nitrogens with one attached hydrogen (secondary N) is 1. The molecule has 0 bridgehead atoms. The minimum absolute atomic E-state index is 0.349. The number of amidine groups is 1. The zero-order valence-electron chi connectivity index (χ0n) is 8.09. The van der Waals surface area contributed by atoms with Crippen LogP contribution in [0.15, 0.2) is 21.6 Å². The summed E-state index contributed by atoms with van der Waals surface area (Å²) in [4.78, 5) is 4.18. The van der Waals surface area contributed by atoms with Crippen LogP contribution >= 0.6 is 50.9 Å². The number of rotatable bonds is 1. The van der Waals surface area contributed by atoms with E-state index in [1.807, 2.05) is 0 Å². The molecule has 1 aromatic rings. The summed E-state index contributed by atoms with van der Waals surface area (Å²) in [6.07, 6.45) is 3.60. The van der Waals surface area contributed by atoms with Gasteiger partial charge in [0.25, 0.3) is 0 Å². The number of nitrogens with zero attached hydrogens (tertiary/aromatic N) is 2. The van der Waals surface area contributed by atoms with Crippen LogP contribution in [0.5, 0.6) is 0 Å². The maximum Gasteiger partial charge on any atom is 0.183 e. The maximum atomic E-state index is 8.49. The molecule has 0 heterocycles. The average molecular weight is 339 g/mol. The van der Waals surface area contributed by atoms with E-state index in [0.717, 1.165) is 0 Å². The van der Waals surface area contributed by atoms with Crippen molar-refractivity contribution in [1.29, 1.82) is 5.26 Å². The number of hydrogen-bond donors (Lipinski definition) is 1. The highest BCUT2D eigenvalue weighted by Crippen LogP contribution is 2.37. The molecule has 0 saturated heterocycles. The third kappa shape index (κ3) is 3.29. The van der Waals surface area contributed by atoms with Crippen molar-refractivity contribution < 1.29 is 0 Å². The molecule has 0 amide bonds. The van der Waals surface area contributed by atoms with Gasteiger partial charge in [-0.2, -0.15) is 5.26 Å². The van der Waals surface area contributed by atoms with Crippen molar-refractivity contribution in [2.45, 2.75) is 0 Å². The van der Waals surface area contributed by atoms with Crippen LogP contribution < -0.4 is 5.32 Å². The van der Waals surface area contributed by atoms with Crippen molar-refractivity contribution in [2.75, 3.05) is 6.26 Å². The molecule has 16 heavy (non-hydrogen) atoms. The summed E-state index contributed by atoms with van der Waals surface area (Å²) in [5.41, 5.74) is 0.516. The van der Waals surface area contributed by atoms with Gasteiger partial charge >= 0.3 is 0 Å². The van der Waals surface area contributed by atoms with E-state index in [4.69, 9.17) is 28.5 Å². The summed E-state index contributed by atoms with van der Waals surface area (Å²) >= 11 is 16.5. The summed E-state index contributed by atoms with van der Waals surface area (Å²) in [6.45, 7) is 0. The van der Waals surface area contributed by atoms with Crippen LogP contribution in [0, 0.1) is 11.5 Å². The van der Waals surface area contributed by atoms with Gasteiger partial charge in [0.1, 0.15) is 0 Å². The van der Waals surface area contributed by atoms with Gasteiger partial charge < -0.3 is 0 Å². The van der Waals surface area contributed by atoms with Crippen LogP contribution in [0.4, 0.5) is 5.69 Å². The predicted octanol–water partition coefficient (Wildman–Crippen LogP) is 4.18. The van der Waals surface area contributed by atoms with Crippen molar-refractivity contribution in [3.05, 3.63) is 26.7 Å². The van der Waals surface area contributed by atoms with Gasteiger partial charge in [-0.25, -0.2) is 4.99 Å². The molecular formula is C9H6BrCl2N3S. The number of hydrogen-bond acceptors (Lipinski definition) is 3. The second-order valence-corrected chi connectivity index (χ2v) is 4.96. The maximum absolute atomic E-state index is 8.49. The molecule has 0 atom stereocenters. The molecule has 0 radical (unpaired) electrons. The van der Waals surface area contributed by atoms with E-state index in [2.05, 4.69) is 26.2 Å². The van der Waals surface area contributed by atoms with Crippen LogP contribution in [-0.2, 0) is 0 Å². The Balaban J connectivity index is 3.15. The fourth-order valence-corrected chi connectivity index (χ4v) is 2.03. The predicted molar refractivity (Wildman–Crippen MR) is 73.5 cm³/mol. The van der Waals surface area contributed by atoms with Crippen molar-refractivity contribution in [3.63, 3.8) is 0 Å². The van der Waals surface area contributed by atoms with E-state index in [-0.39, 0.29) is 0 Å². The molecule has 1 aromatic carbocycles. The first-order valence-electron chi connectivity index (χ1n) is 4.01. The third-order valence-electron chi connectivity index (χ3n) is 1.59. The Morgan fingerprint density at radius 3 is 2.75 bits per heavy atom. The van der Waals surface area contributed by atoms with Gasteiger partial charge in [-0.15, -0.1) is 0 Å². The Hall–Kier alpha value is -0.410. The molecule has 1 rings (SSSR count). The van der Waals surface area contributed by atoms with Gasteiger partial charge in [-0.3, -0.25) is 5.32 Å². The third-order valence-corrected chi connectivity index (χ3v) is 3.93. The topological polar surface area (TPSA) is 48.2 Å². The highest BCUT2D eigenvalue weighted by molar-refractivity contribution is 9.10. The lowest BCUT2D eigenvalue weighted by Gasteiger charge is -2.04. The summed E-state index contributed by atoms with van der Waals surface area (Å²) in [5, 5.41) is 12.2. The molecule has 84 valence electrons. The second kappa shape index (κ2) is 6.36. The molecule has 0 fully saturated rings. The van der Waals surface area contributed by atoms with Gasteiger partial charge in [0.05, 0.1) is 15.7 Å². The van der Waals surface area contributed by atoms with Gasteiger partial charge in [0, 0.05) is 4.47 Å². The molecule has 0 unspecified atom stereocenters. The molecule has 0 aliphatic rings. The smallest absolute Gasteiger partial charge is 0.183 e. The number of aliphatic imine (C=N–C) groups is 1. The molecular weight excluding hydrogens is 333 g/mol. The lowest BCUT2D eigenvalue weighted by Crippen LogP contribution is -2.12. The highest BCUT2D eigenvalue weighted by Gasteiger charge is 2.08. The van der Waals surface area contributed by atoms with E-state index in [1.54, 1.807) is 24.6 Å². The molecule has 0 aliphatic heterocycles. The lowest BCUT2D eigenvalue weighted by molar-refractivity contribution is 1.28. The minimum Gasteiger partial charge on any atom is -0.271 e. The summed E-state index contributed by atoms with van der Waals surface area (Å²) in [5.74, 6) is 0. The Morgan fingerprint density at radius 2 is 2.19 bits per heavy atom. The first kappa shape index (κ1) is 13.7. The van der Waals surface area contributed by atoms with Gasteiger partial charge in [0.2, 0.25) is 0 Å². The van der Waals surface area contributed by atoms with E-state index in [1.165, 1.54) is 11.8 Å². The standard InChI is InChI=1S/C9H6BrCl2N3S/c1-16-9(14-4-13)15-6-3-2-5(10)7(11)8(6)12/h2-3H,1H3,(H,14,15). The van der Waals surface area contributed by atoms with Crippen molar-refractivity contribution in [3.8, 4) is 6.19 Å². The second-order valence-electron chi connectivity index (χ2n) is 2.55. The number of nitriles is 1. The van der Waals surface area contributed by atoms with Crippen LogP contribution in [0.3, 0.4) is 0 Å². The molecule has 0 aromatic heterocycles. The fraction of sp³-hybridized carbons (Fsp3) is 0.111. The highest BCUT2D eigenvalue weighted by atomic mass is 79.9. The van der Waals surface area contributed by atoms with Crippen molar-refractivity contribution >= 4 is 61.7 Å². The van der Waals surface area contributed by atoms with Crippen LogP contribution in [0.2, 0.25) is 10.0 Å². The van der Waals surface area contributed by atoms with Crippen molar-refractivity contribution in [1.82, 2.24) is 5.32 Å². The van der Waals surface area contributed by atoms with Crippen molar-refractivity contribution in [2.24, 2.45) is 4.99 Å². The van der Waals surface area contributed by atoms with Gasteiger partial charge in [-0.1, -0.05) is 35.0 Å². The Labute approximate surface area is 116 Å². The molecule has 0 saturated carbocycles. The largest absolute Gasteiger partial charge is 0.271 e. The summed E-state index contributed by atoms with van der Waals surface area (Å²) in [7, 11) is 0. The molecule has 0 spiro atoms. The Bertz CT molecular complexity index is 471. The normalized spacial score (nSPS) is 11.1. The number of thioether (sulfide) groups is 1. The summed E-state index contributed by atoms with van der Waals surface area (Å²) < 4.78 is 0.706. The molecule has 3 nitrogen and oxygen atoms in total. The monoisotopic (exact) mass is 337 g/mol. The minimum atomic E-state index is 0.349. The van der Waals surface area contributed by atoms with Crippen LogP contribution in [-0.4, -0.2) is 11.4 Å². The lowest BCUT2D eigenvalue weighted by atomic mass is 10.3. The first-order chi connectivity index (χ1) is 7.60. The quantitative estimate of drug-likeness (QED) is 0.275. The van der Waals surface area contributed by atoms with Crippen LogP contribution in [0.1, 0.15) is 0 Å². The van der Waals surface area contributed by atoms with Crippen LogP contribution in [0.25, 0.3) is 0 Å². The zero-order valence-corrected chi connectivity index (χ0v) is 12.0.